The number of carbonyl (C=O) groups is 1. The lowest BCUT2D eigenvalue weighted by Crippen LogP contribution is -2.26. The van der Waals surface area contributed by atoms with E-state index in [0.717, 1.165) is 41.4 Å². The maximum atomic E-state index is 12.0. The van der Waals surface area contributed by atoms with Gasteiger partial charge in [-0.25, -0.2) is 24.9 Å². The Morgan fingerprint density at radius 1 is 1.26 bits per heavy atom. The zero-order chi connectivity index (χ0) is 27.9. The minimum atomic E-state index is 0.182. The van der Waals surface area contributed by atoms with Crippen LogP contribution in [0.15, 0.2) is 34.5 Å². The van der Waals surface area contributed by atoms with Crippen molar-refractivity contribution in [2.24, 2.45) is 10.9 Å². The van der Waals surface area contributed by atoms with Crippen molar-refractivity contribution in [3.63, 3.8) is 0 Å². The Morgan fingerprint density at radius 3 is 2.67 bits per heavy atom. The molecule has 0 bridgehead atoms. The van der Waals surface area contributed by atoms with Crippen molar-refractivity contribution < 1.29 is 9.53 Å². The normalized spacial score (nSPS) is 13.5. The zero-order valence-corrected chi connectivity index (χ0v) is 24.2. The van der Waals surface area contributed by atoms with E-state index in [-0.39, 0.29) is 5.84 Å². The first-order valence-corrected chi connectivity index (χ1v) is 14.2. The van der Waals surface area contributed by atoms with E-state index in [0.29, 0.717) is 59.1 Å². The van der Waals surface area contributed by atoms with Crippen molar-refractivity contribution in [1.29, 1.82) is 0 Å². The van der Waals surface area contributed by atoms with Gasteiger partial charge < -0.3 is 15.0 Å². The SMILES string of the molecule is CCSc1ccc(CN/C(C=O)=N/c2c(C)nc(-c3c(OC)ncnc3C3CC3)nc2N(C)CC(C)C)nc1. The van der Waals surface area contributed by atoms with Gasteiger partial charge in [0.15, 0.2) is 23.8 Å². The molecule has 0 radical (unpaired) electrons. The van der Waals surface area contributed by atoms with Crippen molar-refractivity contribution in [2.45, 2.75) is 57.9 Å². The van der Waals surface area contributed by atoms with E-state index in [1.165, 1.54) is 6.33 Å². The monoisotopic (exact) mass is 548 g/mol. The first-order valence-electron chi connectivity index (χ1n) is 13.2. The summed E-state index contributed by atoms with van der Waals surface area (Å²) in [6.07, 6.45) is 6.21. The van der Waals surface area contributed by atoms with Crippen molar-refractivity contribution in [3.05, 3.63) is 41.7 Å². The molecule has 0 aliphatic heterocycles. The quantitative estimate of drug-likeness (QED) is 0.147. The fourth-order valence-electron chi connectivity index (χ4n) is 4.28. The molecule has 0 aromatic carbocycles. The van der Waals surface area contributed by atoms with Crippen molar-refractivity contribution >= 4 is 35.4 Å². The second kappa shape index (κ2) is 13.0. The third-order valence-corrected chi connectivity index (χ3v) is 7.03. The third kappa shape index (κ3) is 7.08. The maximum absolute atomic E-state index is 12.0. The molecular weight excluding hydrogens is 512 g/mol. The summed E-state index contributed by atoms with van der Waals surface area (Å²) in [5.74, 6) is 3.47. The Kier molecular flexibility index (Phi) is 9.45. The van der Waals surface area contributed by atoms with Crippen LogP contribution in [0.4, 0.5) is 11.5 Å². The number of anilines is 1. The van der Waals surface area contributed by atoms with Gasteiger partial charge in [-0.05, 0) is 43.6 Å². The summed E-state index contributed by atoms with van der Waals surface area (Å²) in [6, 6.07) is 3.98. The third-order valence-electron chi connectivity index (χ3n) is 6.17. The van der Waals surface area contributed by atoms with E-state index in [1.807, 2.05) is 37.2 Å². The van der Waals surface area contributed by atoms with Gasteiger partial charge in [-0.1, -0.05) is 20.8 Å². The number of rotatable bonds is 12. The number of nitrogens with one attached hydrogen (secondary N) is 1. The number of amidine groups is 1. The molecule has 0 atom stereocenters. The van der Waals surface area contributed by atoms with E-state index in [4.69, 9.17) is 19.7 Å². The van der Waals surface area contributed by atoms with Gasteiger partial charge in [0.1, 0.15) is 17.6 Å². The summed E-state index contributed by atoms with van der Waals surface area (Å²) in [7, 11) is 3.56. The molecule has 11 heteroatoms. The first-order chi connectivity index (χ1) is 18.8. The minimum absolute atomic E-state index is 0.182. The van der Waals surface area contributed by atoms with Gasteiger partial charge in [-0.2, -0.15) is 0 Å². The molecule has 1 aliphatic rings. The predicted octanol–water partition coefficient (Wildman–Crippen LogP) is 4.75. The Labute approximate surface area is 234 Å². The van der Waals surface area contributed by atoms with E-state index in [9.17, 15) is 4.79 Å². The highest BCUT2D eigenvalue weighted by molar-refractivity contribution is 7.99. The molecule has 3 aromatic rings. The summed E-state index contributed by atoms with van der Waals surface area (Å²) in [4.78, 5) is 43.0. The van der Waals surface area contributed by atoms with Crippen LogP contribution < -0.4 is 15.0 Å². The summed E-state index contributed by atoms with van der Waals surface area (Å²) >= 11 is 1.73. The van der Waals surface area contributed by atoms with Gasteiger partial charge in [-0.3, -0.25) is 9.78 Å². The number of carbonyl (C=O) groups excluding carboxylic acids is 1. The van der Waals surface area contributed by atoms with E-state index in [1.54, 1.807) is 18.9 Å². The van der Waals surface area contributed by atoms with Crippen molar-refractivity contribution in [3.8, 4) is 17.3 Å². The molecule has 3 heterocycles. The van der Waals surface area contributed by atoms with Crippen LogP contribution in [0.3, 0.4) is 0 Å². The molecular formula is C28H36N8O2S. The fourth-order valence-corrected chi connectivity index (χ4v) is 4.91. The summed E-state index contributed by atoms with van der Waals surface area (Å²) < 4.78 is 5.59. The van der Waals surface area contributed by atoms with Crippen LogP contribution in [-0.2, 0) is 11.3 Å². The molecule has 3 aromatic heterocycles. The molecule has 1 saturated carbocycles. The highest BCUT2D eigenvalue weighted by atomic mass is 32.2. The lowest BCUT2D eigenvalue weighted by atomic mass is 10.1. The largest absolute Gasteiger partial charge is 0.480 e. The van der Waals surface area contributed by atoms with Crippen LogP contribution in [0.25, 0.3) is 11.4 Å². The lowest BCUT2D eigenvalue weighted by molar-refractivity contribution is -0.102. The Hall–Kier alpha value is -3.60. The molecule has 0 spiro atoms. The molecule has 0 saturated heterocycles. The van der Waals surface area contributed by atoms with Gasteiger partial charge >= 0.3 is 0 Å². The van der Waals surface area contributed by atoms with Crippen molar-refractivity contribution in [2.75, 3.05) is 31.4 Å². The lowest BCUT2D eigenvalue weighted by Gasteiger charge is -2.23. The minimum Gasteiger partial charge on any atom is -0.480 e. The molecule has 4 rings (SSSR count). The van der Waals surface area contributed by atoms with Gasteiger partial charge in [0, 0.05) is 30.6 Å². The maximum Gasteiger partial charge on any atom is 0.227 e. The second-order valence-corrected chi connectivity index (χ2v) is 11.2. The van der Waals surface area contributed by atoms with Crippen LogP contribution >= 0.6 is 11.8 Å². The van der Waals surface area contributed by atoms with Gasteiger partial charge in [-0.15, -0.1) is 11.8 Å². The molecule has 1 aliphatic carbocycles. The number of aldehydes is 1. The fraction of sp³-hybridized carbons (Fsp3) is 0.464. The van der Waals surface area contributed by atoms with Gasteiger partial charge in [0.2, 0.25) is 5.88 Å². The molecule has 1 fully saturated rings. The summed E-state index contributed by atoms with van der Waals surface area (Å²) in [5.41, 5.74) is 3.60. The number of hydrogen-bond donors (Lipinski definition) is 1. The van der Waals surface area contributed by atoms with Gasteiger partial charge in [0.25, 0.3) is 0 Å². The van der Waals surface area contributed by atoms with Crippen LogP contribution in [-0.4, -0.2) is 63.5 Å². The Morgan fingerprint density at radius 2 is 2.05 bits per heavy atom. The molecule has 0 amide bonds. The van der Waals surface area contributed by atoms with Crippen LogP contribution in [0.5, 0.6) is 5.88 Å². The second-order valence-electron chi connectivity index (χ2n) is 9.88. The number of ether oxygens (including phenoxy) is 1. The number of hydrogen-bond acceptors (Lipinski definition) is 10. The van der Waals surface area contributed by atoms with Crippen LogP contribution in [0.1, 0.15) is 56.6 Å². The molecule has 0 unspecified atom stereocenters. The van der Waals surface area contributed by atoms with E-state index >= 15 is 0 Å². The Balaban J connectivity index is 1.72. The number of aryl methyl sites for hydroxylation is 1. The summed E-state index contributed by atoms with van der Waals surface area (Å²) in [5, 5.41) is 3.12. The number of aliphatic imine (C=N–C) groups is 1. The number of thioether (sulfide) groups is 1. The first kappa shape index (κ1) is 28.4. The van der Waals surface area contributed by atoms with Crippen LogP contribution in [0.2, 0.25) is 0 Å². The highest BCUT2D eigenvalue weighted by Crippen LogP contribution is 2.45. The molecule has 10 nitrogen and oxygen atoms in total. The van der Waals surface area contributed by atoms with Crippen LogP contribution in [0, 0.1) is 12.8 Å². The molecule has 206 valence electrons. The number of pyridine rings is 1. The molecule has 1 N–H and O–H groups in total. The average molecular weight is 549 g/mol. The number of methoxy groups -OCH3 is 1. The van der Waals surface area contributed by atoms with E-state index in [2.05, 4.69) is 41.0 Å². The standard InChI is InChI=1S/C28H36N8O2S/c1-7-39-21-11-10-20(29-13-21)12-30-22(15-37)34-24-18(4)33-26(35-27(24)36(5)14-17(2)3)23-25(19-8-9-19)31-16-32-28(23)38-6/h10-11,13,15-17,19H,7-9,12,14H2,1-6H3,(H,30,34). The number of nitrogens with zero attached hydrogens (tertiary/aromatic N) is 7. The smallest absolute Gasteiger partial charge is 0.227 e. The zero-order valence-electron chi connectivity index (χ0n) is 23.4. The topological polar surface area (TPSA) is 118 Å². The van der Waals surface area contributed by atoms with Crippen molar-refractivity contribution in [1.82, 2.24) is 30.2 Å². The Bertz CT molecular complexity index is 1330. The highest BCUT2D eigenvalue weighted by Gasteiger charge is 2.32. The number of aromatic nitrogens is 5. The predicted molar refractivity (Wildman–Crippen MR) is 155 cm³/mol. The van der Waals surface area contributed by atoms with Gasteiger partial charge in [0.05, 0.1) is 30.7 Å². The summed E-state index contributed by atoms with van der Waals surface area (Å²) in [6.45, 7) is 9.37. The van der Waals surface area contributed by atoms with E-state index < -0.39 is 0 Å². The molecule has 39 heavy (non-hydrogen) atoms. The average Bonchev–Trinajstić information content (AvgIpc) is 3.77.